The van der Waals surface area contributed by atoms with Gasteiger partial charge in [-0.3, -0.25) is 0 Å². The number of hydrogen-bond acceptors (Lipinski definition) is 3. The second-order valence-corrected chi connectivity index (χ2v) is 12.4. The number of nitrogens with zero attached hydrogens (tertiary/aromatic N) is 3. The van der Waals surface area contributed by atoms with E-state index in [-0.39, 0.29) is 50.0 Å². The van der Waals surface area contributed by atoms with Gasteiger partial charge >= 0.3 is 0 Å². The highest BCUT2D eigenvalue weighted by atomic mass is 15.0. The van der Waals surface area contributed by atoms with Crippen molar-refractivity contribution < 1.29 is 20.6 Å². The molecular weight excluding hydrogens is 655 g/mol. The summed E-state index contributed by atoms with van der Waals surface area (Å²) in [5.41, 5.74) is 3.57. The van der Waals surface area contributed by atoms with Gasteiger partial charge in [0, 0.05) is 16.7 Å². The zero-order valence-electron chi connectivity index (χ0n) is 43.2. The molecule has 54 heavy (non-hydrogen) atoms. The first-order valence-electron chi connectivity index (χ1n) is 24.6. The summed E-state index contributed by atoms with van der Waals surface area (Å²) in [5, 5.41) is -2.18. The van der Waals surface area contributed by atoms with E-state index < -0.39 is 107 Å². The Morgan fingerprint density at radius 2 is 0.685 bits per heavy atom. The fraction of sp³-hybridized carbons (Fsp3) is 0. The Bertz CT molecular complexity index is 3760. The van der Waals surface area contributed by atoms with Crippen molar-refractivity contribution in [3.05, 3.63) is 200 Å². The van der Waals surface area contributed by atoms with Crippen molar-refractivity contribution in [2.45, 2.75) is 0 Å². The van der Waals surface area contributed by atoms with Crippen molar-refractivity contribution in [1.82, 2.24) is 15.0 Å². The summed E-state index contributed by atoms with van der Waals surface area (Å²) in [6, 6.07) is 23.9. The van der Waals surface area contributed by atoms with Crippen LogP contribution in [0.25, 0.3) is 99.9 Å². The fourth-order valence-corrected chi connectivity index (χ4v) is 6.49. The lowest BCUT2D eigenvalue weighted by atomic mass is 9.92. The summed E-state index contributed by atoms with van der Waals surface area (Å²) in [7, 11) is 0. The minimum Gasteiger partial charge on any atom is -0.208 e. The van der Waals surface area contributed by atoms with Crippen LogP contribution < -0.4 is 0 Å². The SMILES string of the molecule is [2H]c1c([2H])c(-c2c([2H])c([2H])c3c4c([2H])c([2H])c([2H])c([2H])c4c4c([2H])c([2H])c([2H])c([2H])c4c3c2[2H])c([2H])c([2H])c1-c1nc(-c2ccccc2)nc(-c2cccc(-c3ccc(-c4ccccc4)cc3)c2)n1. The molecule has 0 fully saturated rings. The maximum absolute atomic E-state index is 9.64. The first-order chi connectivity index (χ1) is 33.0. The highest BCUT2D eigenvalue weighted by Crippen LogP contribution is 2.37. The van der Waals surface area contributed by atoms with Gasteiger partial charge < -0.3 is 0 Å². The molecule has 0 N–H and O–H groups in total. The van der Waals surface area contributed by atoms with Gasteiger partial charge in [0.2, 0.25) is 0 Å². The first kappa shape index (κ1) is 19.6. The van der Waals surface area contributed by atoms with E-state index in [4.69, 9.17) is 20.9 Å². The van der Waals surface area contributed by atoms with Crippen molar-refractivity contribution in [2.75, 3.05) is 0 Å². The Morgan fingerprint density at radius 1 is 0.278 bits per heavy atom. The number of benzene rings is 9. The molecule has 252 valence electrons. The minimum absolute atomic E-state index is 0.166. The Balaban J connectivity index is 1.20. The summed E-state index contributed by atoms with van der Waals surface area (Å²) in [6.07, 6.45) is 0. The molecule has 1 aromatic heterocycles. The lowest BCUT2D eigenvalue weighted by molar-refractivity contribution is 1.07. The zero-order valence-corrected chi connectivity index (χ0v) is 28.2. The van der Waals surface area contributed by atoms with Crippen molar-refractivity contribution >= 4 is 32.3 Å². The van der Waals surface area contributed by atoms with Gasteiger partial charge in [-0.25, -0.2) is 15.0 Å². The largest absolute Gasteiger partial charge is 0.208 e. The van der Waals surface area contributed by atoms with Crippen LogP contribution in [0.4, 0.5) is 0 Å². The van der Waals surface area contributed by atoms with E-state index in [0.29, 0.717) is 11.1 Å². The molecule has 10 aromatic rings. The molecule has 0 bridgehead atoms. The Labute approximate surface area is 335 Å². The van der Waals surface area contributed by atoms with Crippen LogP contribution in [-0.4, -0.2) is 15.0 Å². The van der Waals surface area contributed by atoms with Crippen LogP contribution in [0.5, 0.6) is 0 Å². The summed E-state index contributed by atoms with van der Waals surface area (Å²) in [5.74, 6) is 0.130. The molecular formula is C51H33N3. The summed E-state index contributed by atoms with van der Waals surface area (Å²) in [6.45, 7) is 0. The van der Waals surface area contributed by atoms with E-state index in [1.807, 2.05) is 78.9 Å². The van der Waals surface area contributed by atoms with Gasteiger partial charge in [-0.15, -0.1) is 0 Å². The van der Waals surface area contributed by atoms with Crippen LogP contribution in [0.3, 0.4) is 0 Å². The standard InChI is InChI=1S/C51H33N3/c1-3-12-34(13-4-1)35-22-24-36(25-23-35)40-16-11-17-42(32-40)51-53-49(38-14-5-2-6-15-38)52-50(54-51)39-28-26-37(27-29-39)41-30-31-47-45-20-8-7-18-43(45)44-19-9-10-21-46(44)48(47)33-41/h1-33H/i7D,8D,9D,10D,18D,19D,20D,21D,26D,27D,28D,29D,30D,31D,33D. The highest BCUT2D eigenvalue weighted by Gasteiger charge is 2.14. The lowest BCUT2D eigenvalue weighted by Gasteiger charge is -2.12. The van der Waals surface area contributed by atoms with Crippen LogP contribution in [0.2, 0.25) is 0 Å². The van der Waals surface area contributed by atoms with Gasteiger partial charge in [-0.05, 0) is 77.8 Å². The quantitative estimate of drug-likeness (QED) is 0.162. The van der Waals surface area contributed by atoms with Crippen LogP contribution in [0.15, 0.2) is 200 Å². The van der Waals surface area contributed by atoms with Crippen molar-refractivity contribution in [3.8, 4) is 67.5 Å². The molecule has 1 heterocycles. The number of fused-ring (bicyclic) bond motifs is 6. The predicted octanol–water partition coefficient (Wildman–Crippen LogP) is 13.3. The zero-order chi connectivity index (χ0) is 48.9. The van der Waals surface area contributed by atoms with Gasteiger partial charge in [0.1, 0.15) is 0 Å². The molecule has 0 radical (unpaired) electrons. The normalized spacial score (nSPS) is 15.2. The lowest BCUT2D eigenvalue weighted by Crippen LogP contribution is -2.00. The molecule has 0 unspecified atom stereocenters. The maximum atomic E-state index is 9.64. The fourth-order valence-electron chi connectivity index (χ4n) is 6.49. The number of rotatable bonds is 6. The van der Waals surface area contributed by atoms with Crippen LogP contribution >= 0.6 is 0 Å². The number of aromatic nitrogens is 3. The molecule has 10 rings (SSSR count). The molecule has 0 saturated carbocycles. The molecule has 0 atom stereocenters. The minimum atomic E-state index is -0.779. The average Bonchev–Trinajstić information content (AvgIpc) is 3.37. The van der Waals surface area contributed by atoms with Gasteiger partial charge in [-0.1, -0.05) is 188 Å². The van der Waals surface area contributed by atoms with Gasteiger partial charge in [-0.2, -0.15) is 0 Å². The summed E-state index contributed by atoms with van der Waals surface area (Å²) in [4.78, 5) is 14.2. The van der Waals surface area contributed by atoms with E-state index in [1.54, 1.807) is 30.3 Å². The molecule has 0 aliphatic heterocycles. The van der Waals surface area contributed by atoms with Crippen molar-refractivity contribution in [3.63, 3.8) is 0 Å². The van der Waals surface area contributed by atoms with E-state index in [2.05, 4.69) is 4.98 Å². The number of hydrogen-bond donors (Lipinski definition) is 0. The Hall–Kier alpha value is -7.23. The molecule has 0 spiro atoms. The second-order valence-electron chi connectivity index (χ2n) is 12.4. The van der Waals surface area contributed by atoms with E-state index in [0.717, 1.165) is 22.3 Å². The predicted molar refractivity (Wildman–Crippen MR) is 225 cm³/mol. The van der Waals surface area contributed by atoms with Gasteiger partial charge in [0.25, 0.3) is 0 Å². The summed E-state index contributed by atoms with van der Waals surface area (Å²) >= 11 is 0. The van der Waals surface area contributed by atoms with Crippen molar-refractivity contribution in [2.24, 2.45) is 0 Å². The molecule has 0 aliphatic rings. The second kappa shape index (κ2) is 13.4. The topological polar surface area (TPSA) is 38.7 Å². The van der Waals surface area contributed by atoms with Crippen LogP contribution in [0, 0.1) is 0 Å². The molecule has 0 aliphatic carbocycles. The van der Waals surface area contributed by atoms with E-state index in [9.17, 15) is 9.60 Å². The van der Waals surface area contributed by atoms with Crippen LogP contribution in [0.1, 0.15) is 20.6 Å². The van der Waals surface area contributed by atoms with Crippen molar-refractivity contribution in [1.29, 1.82) is 0 Å². The highest BCUT2D eigenvalue weighted by molar-refractivity contribution is 6.25. The third kappa shape index (κ3) is 5.78. The third-order valence-corrected chi connectivity index (χ3v) is 9.15. The molecule has 3 nitrogen and oxygen atoms in total. The molecule has 0 amide bonds. The Morgan fingerprint density at radius 3 is 1.30 bits per heavy atom. The Kier molecular flexibility index (Phi) is 4.85. The van der Waals surface area contributed by atoms with E-state index >= 15 is 0 Å². The molecule has 9 aromatic carbocycles. The van der Waals surface area contributed by atoms with Crippen LogP contribution in [-0.2, 0) is 0 Å². The molecule has 3 heteroatoms. The average molecular weight is 703 g/mol. The van der Waals surface area contributed by atoms with E-state index in [1.165, 1.54) is 0 Å². The maximum Gasteiger partial charge on any atom is 0.164 e. The monoisotopic (exact) mass is 702 g/mol. The summed E-state index contributed by atoms with van der Waals surface area (Å²) < 4.78 is 135. The van der Waals surface area contributed by atoms with Gasteiger partial charge in [0.15, 0.2) is 17.5 Å². The first-order valence-corrected chi connectivity index (χ1v) is 17.1. The van der Waals surface area contributed by atoms with Gasteiger partial charge in [0.05, 0.1) is 20.6 Å². The molecule has 0 saturated heterocycles. The third-order valence-electron chi connectivity index (χ3n) is 9.15. The smallest absolute Gasteiger partial charge is 0.164 e.